The number of rotatable bonds is 4. The van der Waals surface area contributed by atoms with E-state index in [-0.39, 0.29) is 4.87 Å². The van der Waals surface area contributed by atoms with Crippen molar-refractivity contribution in [1.82, 2.24) is 4.57 Å². The van der Waals surface area contributed by atoms with E-state index in [0.717, 1.165) is 17.0 Å². The minimum absolute atomic E-state index is 0.114. The first kappa shape index (κ1) is 11.4. The van der Waals surface area contributed by atoms with Crippen LogP contribution in [0, 0.1) is 13.8 Å². The highest BCUT2D eigenvalue weighted by atomic mass is 32.1. The molecule has 78 valence electrons. The molecule has 0 saturated carbocycles. The molecule has 0 radical (unpaired) electrons. The fraction of sp³-hybridized carbons (Fsp3) is 0.556. The third-order valence-electron chi connectivity index (χ3n) is 2.18. The summed E-state index contributed by atoms with van der Waals surface area (Å²) < 4.78 is 1.79. The van der Waals surface area contributed by atoms with Gasteiger partial charge in [0.25, 0.3) is 0 Å². The molecule has 0 spiro atoms. The number of thiocarbonyl (C=S) groups is 1. The van der Waals surface area contributed by atoms with Gasteiger partial charge in [-0.2, -0.15) is 0 Å². The minimum atomic E-state index is 0.114. The van der Waals surface area contributed by atoms with Gasteiger partial charge in [0, 0.05) is 17.1 Å². The second kappa shape index (κ2) is 4.70. The molecule has 1 aromatic heterocycles. The Hall–Kier alpha value is -0.680. The summed E-state index contributed by atoms with van der Waals surface area (Å²) >= 11 is 6.07. The van der Waals surface area contributed by atoms with Crippen molar-refractivity contribution in [2.24, 2.45) is 5.73 Å². The first-order valence-electron chi connectivity index (χ1n) is 4.47. The van der Waals surface area contributed by atoms with Crippen LogP contribution in [-0.4, -0.2) is 9.56 Å². The summed E-state index contributed by atoms with van der Waals surface area (Å²) in [6, 6.07) is 0. The Labute approximate surface area is 92.6 Å². The van der Waals surface area contributed by atoms with E-state index in [1.54, 1.807) is 4.57 Å². The summed E-state index contributed by atoms with van der Waals surface area (Å²) in [6.45, 7) is 4.64. The van der Waals surface area contributed by atoms with Gasteiger partial charge >= 0.3 is 4.87 Å². The van der Waals surface area contributed by atoms with Crippen molar-refractivity contribution in [2.75, 3.05) is 0 Å². The van der Waals surface area contributed by atoms with Gasteiger partial charge in [-0.15, -0.1) is 0 Å². The summed E-state index contributed by atoms with van der Waals surface area (Å²) in [6.07, 6.45) is 1.54. The molecule has 3 nitrogen and oxygen atoms in total. The van der Waals surface area contributed by atoms with Gasteiger partial charge in [0.2, 0.25) is 0 Å². The van der Waals surface area contributed by atoms with Crippen LogP contribution >= 0.6 is 23.6 Å². The molecule has 0 aliphatic carbocycles. The first-order valence-corrected chi connectivity index (χ1v) is 5.70. The smallest absolute Gasteiger partial charge is 0.307 e. The molecule has 1 heterocycles. The Morgan fingerprint density at radius 2 is 2.21 bits per heavy atom. The molecule has 0 amide bonds. The average Bonchev–Trinajstić information content (AvgIpc) is 2.31. The number of thiazole rings is 1. The molecular formula is C9H14N2OS2. The second-order valence-corrected chi connectivity index (χ2v) is 4.92. The molecule has 0 fully saturated rings. The van der Waals surface area contributed by atoms with E-state index < -0.39 is 0 Å². The molecule has 0 bridgehead atoms. The Kier molecular flexibility index (Phi) is 3.83. The lowest BCUT2D eigenvalue weighted by molar-refractivity contribution is 0.633. The zero-order valence-corrected chi connectivity index (χ0v) is 10.0. The Bertz CT molecular complexity index is 392. The first-order chi connectivity index (χ1) is 6.52. The van der Waals surface area contributed by atoms with Gasteiger partial charge in [-0.05, 0) is 26.7 Å². The fourth-order valence-corrected chi connectivity index (χ4v) is 2.26. The third kappa shape index (κ3) is 2.65. The monoisotopic (exact) mass is 230 g/mol. The lowest BCUT2D eigenvalue weighted by atomic mass is 10.3. The van der Waals surface area contributed by atoms with Crippen LogP contribution < -0.4 is 10.6 Å². The molecule has 0 atom stereocenters. The van der Waals surface area contributed by atoms with E-state index in [1.165, 1.54) is 11.3 Å². The number of aryl methyl sites for hydroxylation is 1. The molecule has 1 aromatic rings. The van der Waals surface area contributed by atoms with Crippen molar-refractivity contribution in [2.45, 2.75) is 33.2 Å². The zero-order valence-electron chi connectivity index (χ0n) is 8.37. The molecule has 0 aliphatic rings. The van der Waals surface area contributed by atoms with E-state index in [9.17, 15) is 4.79 Å². The molecule has 1 rings (SSSR count). The average molecular weight is 230 g/mol. The normalized spacial score (nSPS) is 10.4. The lowest BCUT2D eigenvalue weighted by Crippen LogP contribution is -2.16. The van der Waals surface area contributed by atoms with Gasteiger partial charge in [0.15, 0.2) is 0 Å². The summed E-state index contributed by atoms with van der Waals surface area (Å²) in [5, 5.41) is 0. The van der Waals surface area contributed by atoms with Crippen molar-refractivity contribution in [1.29, 1.82) is 0 Å². The Morgan fingerprint density at radius 1 is 1.57 bits per heavy atom. The number of aromatic nitrogens is 1. The summed E-state index contributed by atoms with van der Waals surface area (Å²) in [4.78, 5) is 13.2. The van der Waals surface area contributed by atoms with Gasteiger partial charge in [0.05, 0.1) is 4.99 Å². The van der Waals surface area contributed by atoms with Crippen molar-refractivity contribution in [3.8, 4) is 0 Å². The minimum Gasteiger partial charge on any atom is -0.393 e. The standard InChI is InChI=1S/C9H14N2OS2/c1-6-7(2)14-9(12)11(6)5-3-4-8(10)13/h3-5H2,1-2H3,(H2,10,13). The maximum atomic E-state index is 11.5. The predicted octanol–water partition coefficient (Wildman–Crippen LogP) is 1.59. The van der Waals surface area contributed by atoms with E-state index in [2.05, 4.69) is 0 Å². The molecule has 0 unspecified atom stereocenters. The van der Waals surface area contributed by atoms with Crippen LogP contribution in [0.15, 0.2) is 4.79 Å². The summed E-state index contributed by atoms with van der Waals surface area (Å²) in [5.74, 6) is 0. The molecule has 2 N–H and O–H groups in total. The zero-order chi connectivity index (χ0) is 10.7. The summed E-state index contributed by atoms with van der Waals surface area (Å²) in [5.41, 5.74) is 6.44. The van der Waals surface area contributed by atoms with E-state index in [1.807, 2.05) is 13.8 Å². The topological polar surface area (TPSA) is 48.0 Å². The lowest BCUT2D eigenvalue weighted by Gasteiger charge is -2.03. The predicted molar refractivity (Wildman–Crippen MR) is 64.1 cm³/mol. The molecule has 0 aromatic carbocycles. The highest BCUT2D eigenvalue weighted by Crippen LogP contribution is 2.10. The quantitative estimate of drug-likeness (QED) is 0.799. The van der Waals surface area contributed by atoms with Crippen LogP contribution in [0.3, 0.4) is 0 Å². The van der Waals surface area contributed by atoms with Crippen molar-refractivity contribution in [3.63, 3.8) is 0 Å². The van der Waals surface area contributed by atoms with Crippen molar-refractivity contribution < 1.29 is 0 Å². The molecule has 14 heavy (non-hydrogen) atoms. The van der Waals surface area contributed by atoms with Gasteiger partial charge in [-0.1, -0.05) is 23.6 Å². The summed E-state index contributed by atoms with van der Waals surface area (Å²) in [7, 11) is 0. The van der Waals surface area contributed by atoms with Crippen LogP contribution in [0.2, 0.25) is 0 Å². The number of nitrogens with two attached hydrogens (primary N) is 1. The number of hydrogen-bond acceptors (Lipinski definition) is 3. The van der Waals surface area contributed by atoms with Crippen LogP contribution in [-0.2, 0) is 6.54 Å². The van der Waals surface area contributed by atoms with Gasteiger partial charge in [-0.3, -0.25) is 4.79 Å². The van der Waals surface area contributed by atoms with Gasteiger partial charge < -0.3 is 10.3 Å². The molecule has 0 saturated heterocycles. The number of nitrogens with zero attached hydrogens (tertiary/aromatic N) is 1. The van der Waals surface area contributed by atoms with Crippen LogP contribution in [0.25, 0.3) is 0 Å². The third-order valence-corrected chi connectivity index (χ3v) is 3.38. The van der Waals surface area contributed by atoms with E-state index in [0.29, 0.717) is 18.0 Å². The largest absolute Gasteiger partial charge is 0.393 e. The SMILES string of the molecule is Cc1sc(=O)n(CCCC(N)=S)c1C. The maximum absolute atomic E-state index is 11.5. The Morgan fingerprint density at radius 3 is 2.64 bits per heavy atom. The van der Waals surface area contributed by atoms with E-state index in [4.69, 9.17) is 18.0 Å². The number of hydrogen-bond donors (Lipinski definition) is 1. The molecular weight excluding hydrogens is 216 g/mol. The van der Waals surface area contributed by atoms with Gasteiger partial charge in [0.1, 0.15) is 0 Å². The van der Waals surface area contributed by atoms with Crippen LogP contribution in [0.1, 0.15) is 23.4 Å². The van der Waals surface area contributed by atoms with Crippen LogP contribution in [0.4, 0.5) is 0 Å². The van der Waals surface area contributed by atoms with E-state index >= 15 is 0 Å². The molecule has 5 heteroatoms. The van der Waals surface area contributed by atoms with Crippen molar-refractivity contribution in [3.05, 3.63) is 20.2 Å². The maximum Gasteiger partial charge on any atom is 0.307 e. The van der Waals surface area contributed by atoms with Gasteiger partial charge in [-0.25, -0.2) is 0 Å². The second-order valence-electron chi connectivity index (χ2n) is 3.23. The molecule has 0 aliphatic heterocycles. The highest BCUT2D eigenvalue weighted by Gasteiger charge is 2.06. The Balaban J connectivity index is 2.67. The highest BCUT2D eigenvalue weighted by molar-refractivity contribution is 7.80. The van der Waals surface area contributed by atoms with Crippen LogP contribution in [0.5, 0.6) is 0 Å². The van der Waals surface area contributed by atoms with Crippen molar-refractivity contribution >= 4 is 28.5 Å². The fourth-order valence-electron chi connectivity index (χ4n) is 1.26.